The lowest BCUT2D eigenvalue weighted by molar-refractivity contribution is -0.144. The third-order valence-corrected chi connectivity index (χ3v) is 4.44. The van der Waals surface area contributed by atoms with Crippen LogP contribution in [0.4, 0.5) is 5.69 Å². The fourth-order valence-corrected chi connectivity index (χ4v) is 3.16. The lowest BCUT2D eigenvalue weighted by atomic mass is 10.0. The summed E-state index contributed by atoms with van der Waals surface area (Å²) >= 11 is 0. The molecule has 3 rings (SSSR count). The minimum absolute atomic E-state index is 0.0124. The quantitative estimate of drug-likeness (QED) is 0.770. The number of hydrogen-bond acceptors (Lipinski definition) is 6. The van der Waals surface area contributed by atoms with Gasteiger partial charge >= 0.3 is 0 Å². The molecule has 0 unspecified atom stereocenters. The lowest BCUT2D eigenvalue weighted by Gasteiger charge is -2.37. The van der Waals surface area contributed by atoms with Crippen molar-refractivity contribution in [1.29, 1.82) is 0 Å². The van der Waals surface area contributed by atoms with Crippen molar-refractivity contribution in [2.45, 2.75) is 20.4 Å². The highest BCUT2D eigenvalue weighted by Crippen LogP contribution is 2.35. The highest BCUT2D eigenvalue weighted by atomic mass is 16.5. The number of methoxy groups -OCH3 is 1. The Morgan fingerprint density at radius 3 is 2.41 bits per heavy atom. The van der Waals surface area contributed by atoms with E-state index in [9.17, 15) is 19.5 Å². The topological polar surface area (TPSA) is 99.2 Å². The zero-order valence-corrected chi connectivity index (χ0v) is 16.3. The standard InChI is InChI=1S/C21H21N3O5/c1-13(25)23-18-7-5-4-6-16(18)17(21(28)24(23)14(2)26)12-22-11-15-8-9-20(29-3)19(27)10-15/h4-10,12,22,27H,11H2,1-3H3. The average Bonchev–Trinajstić information content (AvgIpc) is 2.68. The van der Waals surface area contributed by atoms with Gasteiger partial charge in [0.1, 0.15) is 0 Å². The molecule has 8 nitrogen and oxygen atoms in total. The second-order valence-corrected chi connectivity index (χ2v) is 6.43. The Hall–Kier alpha value is -3.81. The number of hydrazine groups is 1. The van der Waals surface area contributed by atoms with Gasteiger partial charge in [-0.05, 0) is 23.8 Å². The normalized spacial score (nSPS) is 14.6. The van der Waals surface area contributed by atoms with E-state index >= 15 is 0 Å². The number of fused-ring (bicyclic) bond motifs is 1. The van der Waals surface area contributed by atoms with E-state index in [-0.39, 0.29) is 11.3 Å². The number of ether oxygens (including phenoxy) is 1. The van der Waals surface area contributed by atoms with Crippen molar-refractivity contribution in [2.75, 3.05) is 12.1 Å². The molecule has 0 aromatic heterocycles. The van der Waals surface area contributed by atoms with Gasteiger partial charge in [-0.25, -0.2) is 5.01 Å². The number of hydrogen-bond donors (Lipinski definition) is 2. The van der Waals surface area contributed by atoms with E-state index in [4.69, 9.17) is 4.74 Å². The summed E-state index contributed by atoms with van der Waals surface area (Å²) in [6.07, 6.45) is 1.51. The molecule has 1 aliphatic rings. The Balaban J connectivity index is 1.94. The molecule has 0 spiro atoms. The molecule has 3 amide bonds. The first-order valence-electron chi connectivity index (χ1n) is 8.89. The van der Waals surface area contributed by atoms with Crippen molar-refractivity contribution in [1.82, 2.24) is 10.3 Å². The highest BCUT2D eigenvalue weighted by molar-refractivity contribution is 6.29. The molecule has 2 aromatic rings. The van der Waals surface area contributed by atoms with E-state index in [0.29, 0.717) is 23.5 Å². The van der Waals surface area contributed by atoms with Crippen LogP contribution in [0.2, 0.25) is 0 Å². The third-order valence-electron chi connectivity index (χ3n) is 4.44. The van der Waals surface area contributed by atoms with E-state index in [0.717, 1.165) is 15.6 Å². The van der Waals surface area contributed by atoms with Crippen LogP contribution < -0.4 is 15.1 Å². The first kappa shape index (κ1) is 19.9. The molecule has 0 radical (unpaired) electrons. The molecule has 8 heteroatoms. The molecular weight excluding hydrogens is 374 g/mol. The molecule has 2 aromatic carbocycles. The van der Waals surface area contributed by atoms with Gasteiger partial charge in [-0.2, -0.15) is 5.01 Å². The number of rotatable bonds is 4. The van der Waals surface area contributed by atoms with Crippen LogP contribution >= 0.6 is 0 Å². The molecule has 0 bridgehead atoms. The molecule has 1 heterocycles. The molecule has 0 fully saturated rings. The Morgan fingerprint density at radius 1 is 1.10 bits per heavy atom. The van der Waals surface area contributed by atoms with Gasteiger partial charge in [-0.15, -0.1) is 0 Å². The van der Waals surface area contributed by atoms with Crippen molar-refractivity contribution >= 4 is 29.0 Å². The number of amides is 3. The molecule has 0 aliphatic carbocycles. The zero-order valence-electron chi connectivity index (χ0n) is 16.3. The van der Waals surface area contributed by atoms with E-state index in [1.165, 1.54) is 27.2 Å². The van der Waals surface area contributed by atoms with Gasteiger partial charge in [0.15, 0.2) is 11.5 Å². The number of para-hydroxylation sites is 1. The predicted molar refractivity (Wildman–Crippen MR) is 107 cm³/mol. The largest absolute Gasteiger partial charge is 0.504 e. The molecular formula is C21H21N3O5. The Bertz CT molecular complexity index is 1020. The van der Waals surface area contributed by atoms with Gasteiger partial charge in [0.2, 0.25) is 11.8 Å². The SMILES string of the molecule is COc1ccc(CNC=C2C(=O)N(C(C)=O)N(C(C)=O)c3ccccc32)cc1O. The van der Waals surface area contributed by atoms with Crippen LogP contribution in [0.1, 0.15) is 25.0 Å². The number of carbonyl (C=O) groups is 3. The van der Waals surface area contributed by atoms with Crippen LogP contribution in [0.25, 0.3) is 5.57 Å². The molecule has 0 saturated heterocycles. The number of anilines is 1. The summed E-state index contributed by atoms with van der Waals surface area (Å²) in [4.78, 5) is 37.2. The summed E-state index contributed by atoms with van der Waals surface area (Å²) in [5.41, 5.74) is 2.01. The number of phenols is 1. The summed E-state index contributed by atoms with van der Waals surface area (Å²) in [5, 5.41) is 14.8. The number of carbonyl (C=O) groups excluding carboxylic acids is 3. The van der Waals surface area contributed by atoms with Gasteiger partial charge < -0.3 is 15.2 Å². The number of nitrogens with one attached hydrogen (secondary N) is 1. The molecule has 2 N–H and O–H groups in total. The number of aromatic hydroxyl groups is 1. The van der Waals surface area contributed by atoms with Crippen molar-refractivity contribution in [2.24, 2.45) is 0 Å². The number of phenolic OH excluding ortho intramolecular Hbond substituents is 1. The Morgan fingerprint density at radius 2 is 1.79 bits per heavy atom. The van der Waals surface area contributed by atoms with Crippen LogP contribution in [0.5, 0.6) is 11.5 Å². The molecule has 150 valence electrons. The summed E-state index contributed by atoms with van der Waals surface area (Å²) in [5.74, 6) is -1.23. The van der Waals surface area contributed by atoms with Crippen molar-refractivity contribution in [3.05, 3.63) is 59.8 Å². The van der Waals surface area contributed by atoms with Crippen LogP contribution in [0.15, 0.2) is 48.7 Å². The second-order valence-electron chi connectivity index (χ2n) is 6.43. The van der Waals surface area contributed by atoms with Gasteiger partial charge in [-0.3, -0.25) is 14.4 Å². The molecule has 0 saturated carbocycles. The maximum Gasteiger partial charge on any atom is 0.282 e. The van der Waals surface area contributed by atoms with Crippen molar-refractivity contribution in [3.63, 3.8) is 0 Å². The minimum Gasteiger partial charge on any atom is -0.504 e. The summed E-state index contributed by atoms with van der Waals surface area (Å²) in [6.45, 7) is 2.85. The van der Waals surface area contributed by atoms with Gasteiger partial charge in [-0.1, -0.05) is 24.3 Å². The van der Waals surface area contributed by atoms with Crippen LogP contribution in [0.3, 0.4) is 0 Å². The fraction of sp³-hybridized carbons (Fsp3) is 0.190. The van der Waals surface area contributed by atoms with Gasteiger partial charge in [0.25, 0.3) is 5.91 Å². The zero-order chi connectivity index (χ0) is 21.1. The van der Waals surface area contributed by atoms with E-state index < -0.39 is 17.7 Å². The van der Waals surface area contributed by atoms with Crippen molar-refractivity contribution in [3.8, 4) is 11.5 Å². The van der Waals surface area contributed by atoms with Gasteiger partial charge in [0.05, 0.1) is 18.4 Å². The summed E-state index contributed by atoms with van der Waals surface area (Å²) in [6, 6.07) is 11.8. The lowest BCUT2D eigenvalue weighted by Crippen LogP contribution is -2.54. The van der Waals surface area contributed by atoms with E-state index in [2.05, 4.69) is 5.32 Å². The first-order chi connectivity index (χ1) is 13.8. The number of benzene rings is 2. The number of nitrogens with zero attached hydrogens (tertiary/aromatic N) is 2. The predicted octanol–water partition coefficient (Wildman–Crippen LogP) is 2.19. The fourth-order valence-electron chi connectivity index (χ4n) is 3.16. The molecule has 29 heavy (non-hydrogen) atoms. The molecule has 1 aliphatic heterocycles. The maximum atomic E-state index is 13.0. The Kier molecular flexibility index (Phi) is 5.54. The van der Waals surface area contributed by atoms with Crippen LogP contribution in [0, 0.1) is 0 Å². The second kappa shape index (κ2) is 8.05. The Labute approximate surface area is 168 Å². The summed E-state index contributed by atoms with van der Waals surface area (Å²) in [7, 11) is 1.47. The highest BCUT2D eigenvalue weighted by Gasteiger charge is 2.38. The monoisotopic (exact) mass is 395 g/mol. The maximum absolute atomic E-state index is 13.0. The molecule has 0 atom stereocenters. The number of imide groups is 1. The summed E-state index contributed by atoms with van der Waals surface area (Å²) < 4.78 is 5.02. The smallest absolute Gasteiger partial charge is 0.282 e. The van der Waals surface area contributed by atoms with Crippen LogP contribution in [-0.4, -0.2) is 34.9 Å². The third kappa shape index (κ3) is 3.77. The van der Waals surface area contributed by atoms with E-state index in [1.807, 2.05) is 0 Å². The first-order valence-corrected chi connectivity index (χ1v) is 8.89. The average molecular weight is 395 g/mol. The van der Waals surface area contributed by atoms with Crippen LogP contribution in [-0.2, 0) is 20.9 Å². The minimum atomic E-state index is -0.600. The van der Waals surface area contributed by atoms with E-state index in [1.54, 1.807) is 42.5 Å². The van der Waals surface area contributed by atoms with Gasteiger partial charge in [0, 0.05) is 32.2 Å². The van der Waals surface area contributed by atoms with Crippen molar-refractivity contribution < 1.29 is 24.2 Å².